The third kappa shape index (κ3) is 3.42. The van der Waals surface area contributed by atoms with Gasteiger partial charge in [-0.15, -0.1) is 0 Å². The van der Waals surface area contributed by atoms with Crippen molar-refractivity contribution >= 4 is 21.9 Å². The fourth-order valence-electron chi connectivity index (χ4n) is 2.25. The van der Waals surface area contributed by atoms with Gasteiger partial charge in [0.2, 0.25) is 0 Å². The zero-order valence-corrected chi connectivity index (χ0v) is 13.7. The number of hydrogen-bond donors (Lipinski definition) is 1. The van der Waals surface area contributed by atoms with Crippen molar-refractivity contribution in [2.45, 2.75) is 18.5 Å². The number of benzene rings is 1. The highest BCUT2D eigenvalue weighted by Crippen LogP contribution is 2.32. The standard InChI is InChI=1S/C15H14BrF3N2O2/c1-23-13(22)12-3-2-6-21(12)8-15(20,14(18)19)10-7-9(16)4-5-11(10)17/h2-7,14H,8,20H2,1H3. The van der Waals surface area contributed by atoms with E-state index in [0.717, 1.165) is 6.07 Å². The van der Waals surface area contributed by atoms with Crippen molar-refractivity contribution in [1.82, 2.24) is 4.57 Å². The molecular weight excluding hydrogens is 377 g/mol. The molecule has 4 nitrogen and oxygen atoms in total. The molecule has 1 heterocycles. The Morgan fingerprint density at radius 1 is 1.43 bits per heavy atom. The molecule has 124 valence electrons. The van der Waals surface area contributed by atoms with Crippen molar-refractivity contribution in [2.24, 2.45) is 5.73 Å². The first-order valence-corrected chi connectivity index (χ1v) is 7.35. The molecule has 1 aromatic carbocycles. The summed E-state index contributed by atoms with van der Waals surface area (Å²) in [5.74, 6) is -1.54. The lowest BCUT2D eigenvalue weighted by Gasteiger charge is -2.30. The van der Waals surface area contributed by atoms with Crippen molar-refractivity contribution < 1.29 is 22.7 Å². The number of carbonyl (C=O) groups excluding carboxylic acids is 1. The maximum atomic E-state index is 14.0. The molecule has 0 spiro atoms. The van der Waals surface area contributed by atoms with Crippen LogP contribution in [0.15, 0.2) is 41.0 Å². The topological polar surface area (TPSA) is 57.2 Å². The lowest BCUT2D eigenvalue weighted by Crippen LogP contribution is -2.48. The molecule has 1 unspecified atom stereocenters. The second-order valence-corrected chi connectivity index (χ2v) is 5.89. The lowest BCUT2D eigenvalue weighted by molar-refractivity contribution is 0.0369. The van der Waals surface area contributed by atoms with E-state index in [-0.39, 0.29) is 11.3 Å². The van der Waals surface area contributed by atoms with Crippen LogP contribution in [0.1, 0.15) is 16.1 Å². The molecule has 0 radical (unpaired) electrons. The zero-order chi connectivity index (χ0) is 17.2. The minimum absolute atomic E-state index is 0.0541. The Morgan fingerprint density at radius 3 is 2.74 bits per heavy atom. The van der Waals surface area contributed by atoms with Gasteiger partial charge in [-0.05, 0) is 30.3 Å². The van der Waals surface area contributed by atoms with Crippen LogP contribution in [0.25, 0.3) is 0 Å². The summed E-state index contributed by atoms with van der Waals surface area (Å²) in [5, 5.41) is 0. The number of hydrogen-bond acceptors (Lipinski definition) is 3. The van der Waals surface area contributed by atoms with Gasteiger partial charge < -0.3 is 15.0 Å². The Bertz CT molecular complexity index is 720. The first-order chi connectivity index (χ1) is 10.8. The Hall–Kier alpha value is -1.80. The average Bonchev–Trinajstić information content (AvgIpc) is 2.96. The number of nitrogens with zero attached hydrogens (tertiary/aromatic N) is 1. The highest BCUT2D eigenvalue weighted by Gasteiger charge is 2.41. The van der Waals surface area contributed by atoms with Crippen LogP contribution in [0, 0.1) is 5.82 Å². The molecule has 0 saturated heterocycles. The second-order valence-electron chi connectivity index (χ2n) is 4.98. The molecule has 0 aliphatic rings. The molecule has 0 amide bonds. The molecular formula is C15H14BrF3N2O2. The summed E-state index contributed by atoms with van der Waals surface area (Å²) in [5.41, 5.74) is 3.25. The number of alkyl halides is 2. The number of methoxy groups -OCH3 is 1. The van der Waals surface area contributed by atoms with Gasteiger partial charge in [-0.1, -0.05) is 15.9 Å². The first kappa shape index (κ1) is 17.6. The Balaban J connectivity index is 2.49. The third-order valence-electron chi connectivity index (χ3n) is 3.48. The third-order valence-corrected chi connectivity index (χ3v) is 3.97. The van der Waals surface area contributed by atoms with Crippen LogP contribution in [0.4, 0.5) is 13.2 Å². The predicted molar refractivity (Wildman–Crippen MR) is 81.7 cm³/mol. The Morgan fingerprint density at radius 2 is 2.13 bits per heavy atom. The number of esters is 1. The Kier molecular flexibility index (Phi) is 5.16. The molecule has 0 saturated carbocycles. The van der Waals surface area contributed by atoms with Gasteiger partial charge in [0, 0.05) is 16.2 Å². The molecule has 1 aromatic heterocycles. The predicted octanol–water partition coefficient (Wildman–Crippen LogP) is 3.30. The first-order valence-electron chi connectivity index (χ1n) is 6.55. The molecule has 23 heavy (non-hydrogen) atoms. The molecule has 2 rings (SSSR count). The monoisotopic (exact) mass is 390 g/mol. The van der Waals surface area contributed by atoms with Gasteiger partial charge in [0.05, 0.1) is 13.7 Å². The average molecular weight is 391 g/mol. The van der Waals surface area contributed by atoms with Crippen LogP contribution in [-0.4, -0.2) is 24.1 Å². The minimum Gasteiger partial charge on any atom is -0.464 e. The van der Waals surface area contributed by atoms with E-state index in [1.807, 2.05) is 0 Å². The summed E-state index contributed by atoms with van der Waals surface area (Å²) >= 11 is 3.12. The van der Waals surface area contributed by atoms with Crippen LogP contribution in [0.2, 0.25) is 0 Å². The normalized spacial score (nSPS) is 13.9. The molecule has 2 aromatic rings. The Labute approximate surface area is 139 Å². The summed E-state index contributed by atoms with van der Waals surface area (Å²) < 4.78 is 47.6. The summed E-state index contributed by atoms with van der Waals surface area (Å²) in [6.45, 7) is -0.491. The number of aromatic nitrogens is 1. The van der Waals surface area contributed by atoms with Crippen molar-refractivity contribution in [2.75, 3.05) is 7.11 Å². The van der Waals surface area contributed by atoms with E-state index in [2.05, 4.69) is 20.7 Å². The van der Waals surface area contributed by atoms with E-state index in [1.54, 1.807) is 0 Å². The number of nitrogens with two attached hydrogens (primary N) is 1. The molecule has 2 N–H and O–H groups in total. The van der Waals surface area contributed by atoms with Gasteiger partial charge in [-0.2, -0.15) is 0 Å². The molecule has 8 heteroatoms. The summed E-state index contributed by atoms with van der Waals surface area (Å²) in [7, 11) is 1.18. The SMILES string of the molecule is COC(=O)c1cccn1CC(N)(c1cc(Br)ccc1F)C(F)F. The second kappa shape index (κ2) is 6.76. The molecule has 1 atom stereocenters. The lowest BCUT2D eigenvalue weighted by atomic mass is 9.90. The highest BCUT2D eigenvalue weighted by atomic mass is 79.9. The zero-order valence-electron chi connectivity index (χ0n) is 12.1. The molecule has 0 aliphatic carbocycles. The quantitative estimate of drug-likeness (QED) is 0.796. The van der Waals surface area contributed by atoms with Crippen molar-refractivity contribution in [1.29, 1.82) is 0 Å². The fourth-order valence-corrected chi connectivity index (χ4v) is 2.61. The maximum Gasteiger partial charge on any atom is 0.354 e. The summed E-state index contributed by atoms with van der Waals surface area (Å²) in [4.78, 5) is 11.7. The number of ether oxygens (including phenoxy) is 1. The van der Waals surface area contributed by atoms with Crippen LogP contribution >= 0.6 is 15.9 Å². The number of halogens is 4. The molecule has 0 bridgehead atoms. The van der Waals surface area contributed by atoms with Gasteiger partial charge in [-0.3, -0.25) is 0 Å². The van der Waals surface area contributed by atoms with E-state index in [1.165, 1.54) is 42.1 Å². The van der Waals surface area contributed by atoms with Crippen molar-refractivity contribution in [3.05, 3.63) is 58.1 Å². The van der Waals surface area contributed by atoms with Crippen molar-refractivity contribution in [3.63, 3.8) is 0 Å². The van der Waals surface area contributed by atoms with Gasteiger partial charge in [0.1, 0.15) is 17.1 Å². The van der Waals surface area contributed by atoms with E-state index in [4.69, 9.17) is 5.73 Å². The van der Waals surface area contributed by atoms with E-state index < -0.39 is 30.3 Å². The smallest absolute Gasteiger partial charge is 0.354 e. The maximum absolute atomic E-state index is 14.0. The van der Waals surface area contributed by atoms with E-state index in [0.29, 0.717) is 4.47 Å². The summed E-state index contributed by atoms with van der Waals surface area (Å²) in [6, 6.07) is 6.56. The van der Waals surface area contributed by atoms with Crippen LogP contribution in [0.3, 0.4) is 0 Å². The largest absolute Gasteiger partial charge is 0.464 e. The van der Waals surface area contributed by atoms with Gasteiger partial charge >= 0.3 is 5.97 Å². The number of carbonyl (C=O) groups is 1. The van der Waals surface area contributed by atoms with Gasteiger partial charge in [-0.25, -0.2) is 18.0 Å². The highest BCUT2D eigenvalue weighted by molar-refractivity contribution is 9.10. The fraction of sp³-hybridized carbons (Fsp3) is 0.267. The minimum atomic E-state index is -3.06. The van der Waals surface area contributed by atoms with Crippen LogP contribution in [-0.2, 0) is 16.8 Å². The van der Waals surface area contributed by atoms with E-state index >= 15 is 0 Å². The van der Waals surface area contributed by atoms with Crippen LogP contribution in [0.5, 0.6) is 0 Å². The molecule has 0 aliphatic heterocycles. The van der Waals surface area contributed by atoms with Gasteiger partial charge in [0.25, 0.3) is 6.43 Å². The van der Waals surface area contributed by atoms with Gasteiger partial charge in [0.15, 0.2) is 0 Å². The van der Waals surface area contributed by atoms with Crippen LogP contribution < -0.4 is 5.73 Å². The van der Waals surface area contributed by atoms with Crippen molar-refractivity contribution in [3.8, 4) is 0 Å². The summed E-state index contributed by atoms with van der Waals surface area (Å²) in [6.07, 6.45) is -1.65. The number of rotatable bonds is 5. The van der Waals surface area contributed by atoms with E-state index in [9.17, 15) is 18.0 Å². The molecule has 0 fully saturated rings.